The summed E-state index contributed by atoms with van der Waals surface area (Å²) in [5.74, 6) is 5.68. The van der Waals surface area contributed by atoms with E-state index >= 15 is 0 Å². The lowest BCUT2D eigenvalue weighted by Gasteiger charge is -2.37. The van der Waals surface area contributed by atoms with E-state index in [9.17, 15) is 0 Å². The van der Waals surface area contributed by atoms with E-state index in [2.05, 4.69) is 97.5 Å². The zero-order valence-electron chi connectivity index (χ0n) is 13.5. The number of nitrogens with zero attached hydrogens (tertiary/aromatic N) is 1. The molecule has 2 aliphatic carbocycles. The van der Waals surface area contributed by atoms with Crippen LogP contribution in [-0.2, 0) is 6.54 Å². The van der Waals surface area contributed by atoms with Gasteiger partial charge in [0.15, 0.2) is 0 Å². The maximum absolute atomic E-state index is 3.70. The van der Waals surface area contributed by atoms with Crippen LogP contribution < -0.4 is 0 Å². The van der Waals surface area contributed by atoms with Gasteiger partial charge in [-0.2, -0.15) is 0 Å². The van der Waals surface area contributed by atoms with Crippen LogP contribution in [0.25, 0.3) is 0 Å². The maximum atomic E-state index is 3.70. The first-order valence-corrected chi connectivity index (χ1v) is 8.97. The smallest absolute Gasteiger partial charge is 0.0251 e. The summed E-state index contributed by atoms with van der Waals surface area (Å²) in [6, 6.07) is 9.34. The molecule has 23 heavy (non-hydrogen) atoms. The van der Waals surface area contributed by atoms with Gasteiger partial charge in [-0.15, -0.1) is 0 Å². The highest BCUT2D eigenvalue weighted by molar-refractivity contribution is 9.10. The lowest BCUT2D eigenvalue weighted by molar-refractivity contribution is 0.172. The van der Waals surface area contributed by atoms with Gasteiger partial charge in [0.25, 0.3) is 0 Å². The third-order valence-electron chi connectivity index (χ3n) is 5.20. The van der Waals surface area contributed by atoms with Crippen molar-refractivity contribution in [2.75, 3.05) is 0 Å². The Balaban J connectivity index is 1.65. The molecular weight excluding hydrogens is 346 g/mol. The summed E-state index contributed by atoms with van der Waals surface area (Å²) >= 11 is 3.70. The molecule has 1 saturated heterocycles. The monoisotopic (exact) mass is 365 g/mol. The Morgan fingerprint density at radius 2 is 1.43 bits per heavy atom. The van der Waals surface area contributed by atoms with Crippen LogP contribution in [0.2, 0.25) is 0 Å². The molecule has 0 unspecified atom stereocenters. The summed E-state index contributed by atoms with van der Waals surface area (Å²) < 4.78 is 1.19. The second-order valence-corrected chi connectivity index (χ2v) is 7.26. The molecule has 2 heteroatoms. The van der Waals surface area contributed by atoms with Gasteiger partial charge in [0, 0.05) is 34.9 Å². The summed E-state index contributed by atoms with van der Waals surface area (Å²) in [5, 5.41) is 0. The molecule has 10 radical (unpaired) electrons. The minimum atomic E-state index is 0.398. The number of halogens is 1. The summed E-state index contributed by atoms with van der Waals surface area (Å²) in [6.07, 6.45) is 13.5. The van der Waals surface area contributed by atoms with E-state index in [0.29, 0.717) is 12.1 Å². The molecule has 3 aliphatic rings. The van der Waals surface area contributed by atoms with E-state index in [1.165, 1.54) is 33.7 Å². The molecule has 2 atom stereocenters. The molecule has 0 amide bonds. The van der Waals surface area contributed by atoms with Crippen molar-refractivity contribution < 1.29 is 0 Å². The van der Waals surface area contributed by atoms with E-state index in [1.807, 2.05) is 0 Å². The van der Waals surface area contributed by atoms with E-state index in [0.717, 1.165) is 6.54 Å². The average Bonchev–Trinajstić information content (AvgIpc) is 3.19. The van der Waals surface area contributed by atoms with Crippen LogP contribution >= 0.6 is 15.9 Å². The van der Waals surface area contributed by atoms with Gasteiger partial charge >= 0.3 is 0 Å². The van der Waals surface area contributed by atoms with Gasteiger partial charge < -0.3 is 0 Å². The molecular formula is C21H20BrN. The maximum Gasteiger partial charge on any atom is 0.0251 e. The molecule has 0 spiro atoms. The van der Waals surface area contributed by atoms with E-state index in [1.54, 1.807) is 0 Å². The molecule has 1 heterocycles. The van der Waals surface area contributed by atoms with Gasteiger partial charge in [-0.05, 0) is 75.8 Å². The third-order valence-corrected chi connectivity index (χ3v) is 5.97. The predicted octanol–water partition coefficient (Wildman–Crippen LogP) is 4.59. The molecule has 1 aliphatic heterocycles. The zero-order chi connectivity index (χ0) is 16.0. The van der Waals surface area contributed by atoms with Crippen molar-refractivity contribution in [3.8, 4) is 0 Å². The number of likely N-dealkylation sites (tertiary alicyclic amines) is 1. The minimum absolute atomic E-state index is 0.398. The summed E-state index contributed by atoms with van der Waals surface area (Å²) in [4.78, 5) is 2.60. The standard InChI is InChI=1S/C21H20BrN/c1-14-17-8-5-10-19(17)20-11-6-9-18(20)15(2)23(14)13-16-7-3-4-12-21(16)22/h3-12,14-15H,13H2,1-2H3/t14-,15-/m1/s1. The topological polar surface area (TPSA) is 3.24 Å². The van der Waals surface area contributed by atoms with Crippen molar-refractivity contribution in [3.63, 3.8) is 0 Å². The van der Waals surface area contributed by atoms with Gasteiger partial charge in [0.2, 0.25) is 0 Å². The summed E-state index contributed by atoms with van der Waals surface area (Å²) in [7, 11) is 0. The highest BCUT2D eigenvalue weighted by Crippen LogP contribution is 2.55. The van der Waals surface area contributed by atoms with Crippen molar-refractivity contribution in [1.82, 2.24) is 4.90 Å². The molecule has 116 valence electrons. The molecule has 1 nitrogen and oxygen atoms in total. The first kappa shape index (κ1) is 16.1. The minimum Gasteiger partial charge on any atom is -0.292 e. The summed E-state index contributed by atoms with van der Waals surface area (Å²) in [5.41, 5.74) is 1.34. The molecule has 2 saturated carbocycles. The Hall–Kier alpha value is -0.340. The SMILES string of the molecule is C[C@@H]1[C]2[CH][CH][CH][C]2[C]2[CH][CH][CH][C]2[C@@H](C)N1Cc1ccccc1Br. The zero-order valence-corrected chi connectivity index (χ0v) is 15.0. The molecule has 0 N–H and O–H groups in total. The van der Waals surface area contributed by atoms with E-state index in [-0.39, 0.29) is 0 Å². The highest BCUT2D eigenvalue weighted by atomic mass is 79.9. The molecule has 1 aromatic rings. The Labute approximate surface area is 150 Å². The highest BCUT2D eigenvalue weighted by Gasteiger charge is 2.51. The fourth-order valence-electron chi connectivity index (χ4n) is 3.88. The van der Waals surface area contributed by atoms with E-state index < -0.39 is 0 Å². The van der Waals surface area contributed by atoms with Crippen LogP contribution in [0.1, 0.15) is 19.4 Å². The average molecular weight is 366 g/mol. The molecule has 1 aromatic carbocycles. The van der Waals surface area contributed by atoms with Crippen LogP contribution in [0.4, 0.5) is 0 Å². The van der Waals surface area contributed by atoms with Crippen LogP contribution in [0.15, 0.2) is 28.7 Å². The predicted molar refractivity (Wildman–Crippen MR) is 97.4 cm³/mol. The van der Waals surface area contributed by atoms with Crippen molar-refractivity contribution in [3.05, 3.63) is 96.5 Å². The van der Waals surface area contributed by atoms with Crippen LogP contribution in [0.3, 0.4) is 0 Å². The van der Waals surface area contributed by atoms with Crippen molar-refractivity contribution >= 4 is 15.9 Å². The van der Waals surface area contributed by atoms with Crippen LogP contribution in [0, 0.1) is 62.2 Å². The number of hydrogen-bond acceptors (Lipinski definition) is 1. The number of benzene rings is 1. The van der Waals surface area contributed by atoms with Gasteiger partial charge in [-0.3, -0.25) is 4.90 Å². The van der Waals surface area contributed by atoms with Gasteiger partial charge in [-0.25, -0.2) is 0 Å². The van der Waals surface area contributed by atoms with Crippen LogP contribution in [-0.4, -0.2) is 17.0 Å². The third kappa shape index (κ3) is 2.80. The fraction of sp³-hybridized carbons (Fsp3) is 0.238. The van der Waals surface area contributed by atoms with E-state index in [4.69, 9.17) is 0 Å². The van der Waals surface area contributed by atoms with Crippen LogP contribution in [0.5, 0.6) is 0 Å². The number of fused-ring (bicyclic) bond motifs is 3. The first-order chi connectivity index (χ1) is 11.2. The number of rotatable bonds is 2. The molecule has 0 bridgehead atoms. The lowest BCUT2D eigenvalue weighted by Crippen LogP contribution is -2.43. The quantitative estimate of drug-likeness (QED) is 0.740. The fourth-order valence-corrected chi connectivity index (χ4v) is 4.29. The van der Waals surface area contributed by atoms with Crippen molar-refractivity contribution in [2.45, 2.75) is 32.5 Å². The second kappa shape index (κ2) is 6.52. The van der Waals surface area contributed by atoms with Crippen molar-refractivity contribution in [2.24, 2.45) is 0 Å². The largest absolute Gasteiger partial charge is 0.292 e. The molecule has 3 fully saturated rings. The Bertz CT molecular complexity index is 531. The molecule has 4 rings (SSSR count). The Kier molecular flexibility index (Phi) is 4.58. The Morgan fingerprint density at radius 3 is 2.00 bits per heavy atom. The Morgan fingerprint density at radius 1 is 0.870 bits per heavy atom. The van der Waals surface area contributed by atoms with Gasteiger partial charge in [0.1, 0.15) is 0 Å². The number of hydrogen-bond donors (Lipinski definition) is 0. The lowest BCUT2D eigenvalue weighted by atomic mass is 9.76. The normalized spacial score (nSPS) is 31.3. The molecule has 0 aromatic heterocycles. The van der Waals surface area contributed by atoms with Gasteiger partial charge in [-0.1, -0.05) is 34.1 Å². The van der Waals surface area contributed by atoms with Crippen molar-refractivity contribution in [1.29, 1.82) is 0 Å². The second-order valence-electron chi connectivity index (χ2n) is 6.41. The first-order valence-electron chi connectivity index (χ1n) is 8.17. The summed E-state index contributed by atoms with van der Waals surface area (Å²) in [6.45, 7) is 5.61. The van der Waals surface area contributed by atoms with Gasteiger partial charge in [0.05, 0.1) is 0 Å².